The smallest absolute Gasteiger partial charge is 0.270 e. The van der Waals surface area contributed by atoms with E-state index in [1.807, 2.05) is 47.4 Å². The predicted octanol–water partition coefficient (Wildman–Crippen LogP) is 2.00. The van der Waals surface area contributed by atoms with Crippen molar-refractivity contribution in [2.75, 3.05) is 50.7 Å². The first-order valence-electron chi connectivity index (χ1n) is 10.6. The molecule has 0 unspecified atom stereocenters. The monoisotopic (exact) mass is 409 g/mol. The molecule has 2 aromatic rings. The standard InChI is InChI=1S/C23H31N5O2/c1-3-26(4-2)18-22(29)28-14-12-27(13-15-28)20-10-11-24-21(16-20)23(30)25-17-19-8-6-5-7-9-19/h5-11,16H,3-4,12-15,17-18H2,1-2H3,(H,25,30). The second-order valence-electron chi connectivity index (χ2n) is 7.40. The van der Waals surface area contributed by atoms with Crippen LogP contribution in [0.25, 0.3) is 0 Å². The number of aromatic nitrogens is 1. The fourth-order valence-electron chi connectivity index (χ4n) is 3.56. The molecule has 1 N–H and O–H groups in total. The minimum atomic E-state index is -0.186. The van der Waals surface area contributed by atoms with Gasteiger partial charge in [-0.1, -0.05) is 44.2 Å². The number of amides is 2. The van der Waals surface area contributed by atoms with E-state index in [-0.39, 0.29) is 11.8 Å². The van der Waals surface area contributed by atoms with Gasteiger partial charge in [-0.05, 0) is 30.8 Å². The van der Waals surface area contributed by atoms with Crippen LogP contribution in [-0.2, 0) is 11.3 Å². The molecule has 7 nitrogen and oxygen atoms in total. The van der Waals surface area contributed by atoms with Crippen LogP contribution in [0.5, 0.6) is 0 Å². The fraction of sp³-hybridized carbons (Fsp3) is 0.435. The quantitative estimate of drug-likeness (QED) is 0.722. The number of piperazine rings is 1. The Bertz CT molecular complexity index is 830. The summed E-state index contributed by atoms with van der Waals surface area (Å²) in [4.78, 5) is 35.5. The number of likely N-dealkylation sites (N-methyl/N-ethyl adjacent to an activating group) is 1. The number of rotatable bonds is 8. The van der Waals surface area contributed by atoms with Gasteiger partial charge in [-0.25, -0.2) is 0 Å². The van der Waals surface area contributed by atoms with Gasteiger partial charge in [-0.15, -0.1) is 0 Å². The molecule has 0 atom stereocenters. The van der Waals surface area contributed by atoms with Crippen molar-refractivity contribution in [3.63, 3.8) is 0 Å². The van der Waals surface area contributed by atoms with Gasteiger partial charge in [0.25, 0.3) is 5.91 Å². The van der Waals surface area contributed by atoms with Crippen molar-refractivity contribution in [2.24, 2.45) is 0 Å². The van der Waals surface area contributed by atoms with Crippen LogP contribution in [-0.4, -0.2) is 72.4 Å². The first-order chi connectivity index (χ1) is 14.6. The lowest BCUT2D eigenvalue weighted by molar-refractivity contribution is -0.132. The van der Waals surface area contributed by atoms with Gasteiger partial charge in [-0.2, -0.15) is 0 Å². The molecule has 3 rings (SSSR count). The zero-order valence-electron chi connectivity index (χ0n) is 17.9. The Balaban J connectivity index is 1.54. The zero-order valence-corrected chi connectivity index (χ0v) is 17.9. The maximum absolute atomic E-state index is 12.5. The van der Waals surface area contributed by atoms with Crippen LogP contribution < -0.4 is 10.2 Å². The maximum Gasteiger partial charge on any atom is 0.270 e. The van der Waals surface area contributed by atoms with E-state index in [4.69, 9.17) is 0 Å². The van der Waals surface area contributed by atoms with Crippen LogP contribution in [0.2, 0.25) is 0 Å². The van der Waals surface area contributed by atoms with Gasteiger partial charge < -0.3 is 15.1 Å². The predicted molar refractivity (Wildman–Crippen MR) is 118 cm³/mol. The molecule has 1 aliphatic heterocycles. The summed E-state index contributed by atoms with van der Waals surface area (Å²) in [7, 11) is 0. The zero-order chi connectivity index (χ0) is 21.3. The van der Waals surface area contributed by atoms with Gasteiger partial charge in [0.1, 0.15) is 5.69 Å². The van der Waals surface area contributed by atoms with Gasteiger partial charge in [0, 0.05) is 44.6 Å². The molecule has 2 heterocycles. The van der Waals surface area contributed by atoms with E-state index in [2.05, 4.69) is 33.9 Å². The molecule has 1 aliphatic rings. The first kappa shape index (κ1) is 21.8. The van der Waals surface area contributed by atoms with Crippen molar-refractivity contribution in [3.05, 3.63) is 59.9 Å². The van der Waals surface area contributed by atoms with Crippen molar-refractivity contribution in [2.45, 2.75) is 20.4 Å². The van der Waals surface area contributed by atoms with Crippen molar-refractivity contribution >= 4 is 17.5 Å². The van der Waals surface area contributed by atoms with E-state index in [1.165, 1.54) is 0 Å². The summed E-state index contributed by atoms with van der Waals surface area (Å²) in [5, 5.41) is 2.92. The molecule has 0 radical (unpaired) electrons. The molecule has 30 heavy (non-hydrogen) atoms. The lowest BCUT2D eigenvalue weighted by Crippen LogP contribution is -2.51. The molecule has 2 amide bonds. The highest BCUT2D eigenvalue weighted by atomic mass is 16.2. The molecular formula is C23H31N5O2. The van der Waals surface area contributed by atoms with Crippen LogP contribution in [0.4, 0.5) is 5.69 Å². The molecule has 1 aromatic heterocycles. The van der Waals surface area contributed by atoms with Crippen molar-refractivity contribution < 1.29 is 9.59 Å². The summed E-state index contributed by atoms with van der Waals surface area (Å²) in [6.45, 7) is 9.75. The number of hydrogen-bond acceptors (Lipinski definition) is 5. The van der Waals surface area contributed by atoms with E-state index in [0.717, 1.165) is 37.4 Å². The largest absolute Gasteiger partial charge is 0.368 e. The molecule has 1 saturated heterocycles. The molecule has 1 fully saturated rings. The fourth-order valence-corrected chi connectivity index (χ4v) is 3.56. The Kier molecular flexibility index (Phi) is 7.79. The summed E-state index contributed by atoms with van der Waals surface area (Å²) in [6.07, 6.45) is 1.67. The molecule has 1 aromatic carbocycles. The topological polar surface area (TPSA) is 68.8 Å². The minimum absolute atomic E-state index is 0.186. The molecule has 0 spiro atoms. The van der Waals surface area contributed by atoms with Gasteiger partial charge in [0.05, 0.1) is 6.54 Å². The maximum atomic E-state index is 12.5. The highest BCUT2D eigenvalue weighted by molar-refractivity contribution is 5.93. The van der Waals surface area contributed by atoms with Crippen LogP contribution in [0.1, 0.15) is 29.9 Å². The number of hydrogen-bond donors (Lipinski definition) is 1. The number of carbonyl (C=O) groups is 2. The Morgan fingerprint density at radius 2 is 1.73 bits per heavy atom. The Morgan fingerprint density at radius 3 is 2.40 bits per heavy atom. The van der Waals surface area contributed by atoms with Gasteiger partial charge in [0.2, 0.25) is 5.91 Å². The third-order valence-electron chi connectivity index (χ3n) is 5.52. The Hall–Kier alpha value is -2.93. The average molecular weight is 410 g/mol. The molecule has 0 aliphatic carbocycles. The summed E-state index contributed by atoms with van der Waals surface area (Å²) in [5.41, 5.74) is 2.42. The normalized spacial score (nSPS) is 14.1. The molecule has 7 heteroatoms. The number of nitrogens with zero attached hydrogens (tertiary/aromatic N) is 4. The average Bonchev–Trinajstić information content (AvgIpc) is 2.81. The Labute approximate surface area is 178 Å². The summed E-state index contributed by atoms with van der Waals surface area (Å²) in [6, 6.07) is 13.6. The number of nitrogens with one attached hydrogen (secondary N) is 1. The third kappa shape index (κ3) is 5.79. The van der Waals surface area contributed by atoms with Crippen molar-refractivity contribution in [1.82, 2.24) is 20.1 Å². The van der Waals surface area contributed by atoms with Gasteiger partial charge >= 0.3 is 0 Å². The van der Waals surface area contributed by atoms with Crippen molar-refractivity contribution in [1.29, 1.82) is 0 Å². The first-order valence-corrected chi connectivity index (χ1v) is 10.6. The van der Waals surface area contributed by atoms with Crippen LogP contribution >= 0.6 is 0 Å². The van der Waals surface area contributed by atoms with Crippen molar-refractivity contribution in [3.8, 4) is 0 Å². The molecule has 160 valence electrons. The highest BCUT2D eigenvalue weighted by Gasteiger charge is 2.23. The number of anilines is 1. The second kappa shape index (κ2) is 10.7. The summed E-state index contributed by atoms with van der Waals surface area (Å²) < 4.78 is 0. The van der Waals surface area contributed by atoms with E-state index in [1.54, 1.807) is 6.20 Å². The van der Waals surface area contributed by atoms with E-state index in [0.29, 0.717) is 31.9 Å². The highest BCUT2D eigenvalue weighted by Crippen LogP contribution is 2.17. The minimum Gasteiger partial charge on any atom is -0.368 e. The number of carbonyl (C=O) groups excluding carboxylic acids is 2. The second-order valence-corrected chi connectivity index (χ2v) is 7.40. The van der Waals surface area contributed by atoms with Gasteiger partial charge in [-0.3, -0.25) is 19.5 Å². The van der Waals surface area contributed by atoms with Gasteiger partial charge in [0.15, 0.2) is 0 Å². The molecule has 0 bridgehead atoms. The van der Waals surface area contributed by atoms with Crippen LogP contribution in [0, 0.1) is 0 Å². The van der Waals surface area contributed by atoms with Crippen LogP contribution in [0.15, 0.2) is 48.7 Å². The number of pyridine rings is 1. The number of benzene rings is 1. The summed E-state index contributed by atoms with van der Waals surface area (Å²) in [5.74, 6) is 0.00259. The molecular weight excluding hydrogens is 378 g/mol. The lowest BCUT2D eigenvalue weighted by Gasteiger charge is -2.37. The van der Waals surface area contributed by atoms with E-state index < -0.39 is 0 Å². The molecule has 0 saturated carbocycles. The third-order valence-corrected chi connectivity index (χ3v) is 5.52. The lowest BCUT2D eigenvalue weighted by atomic mass is 10.2. The van der Waals surface area contributed by atoms with E-state index >= 15 is 0 Å². The SMILES string of the molecule is CCN(CC)CC(=O)N1CCN(c2ccnc(C(=O)NCc3ccccc3)c2)CC1. The van der Waals surface area contributed by atoms with Crippen LogP contribution in [0.3, 0.4) is 0 Å². The van der Waals surface area contributed by atoms with E-state index in [9.17, 15) is 9.59 Å². The summed E-state index contributed by atoms with van der Waals surface area (Å²) >= 11 is 0. The Morgan fingerprint density at radius 1 is 1.03 bits per heavy atom.